The van der Waals surface area contributed by atoms with Crippen LogP contribution in [0.3, 0.4) is 0 Å². The maximum absolute atomic E-state index is 6.12. The fourth-order valence-electron chi connectivity index (χ4n) is 1.61. The van der Waals surface area contributed by atoms with E-state index in [4.69, 9.17) is 26.8 Å². The van der Waals surface area contributed by atoms with E-state index in [0.717, 1.165) is 18.4 Å². The van der Waals surface area contributed by atoms with Crippen molar-refractivity contribution in [3.63, 3.8) is 0 Å². The molecule has 4 heteroatoms. The van der Waals surface area contributed by atoms with Crippen molar-refractivity contribution in [1.82, 2.24) is 0 Å². The molecule has 0 aliphatic carbocycles. The molecule has 17 heavy (non-hydrogen) atoms. The molecule has 96 valence electrons. The predicted molar refractivity (Wildman–Crippen MR) is 70.6 cm³/mol. The average molecular weight is 258 g/mol. The van der Waals surface area contributed by atoms with Crippen LogP contribution in [0.5, 0.6) is 5.75 Å². The van der Waals surface area contributed by atoms with E-state index in [9.17, 15) is 0 Å². The number of hydrogen-bond acceptors (Lipinski definition) is 3. The Bertz CT molecular complexity index is 357. The lowest BCUT2D eigenvalue weighted by Gasteiger charge is -2.16. The summed E-state index contributed by atoms with van der Waals surface area (Å²) in [6, 6.07) is 5.63. The van der Waals surface area contributed by atoms with Gasteiger partial charge in [-0.25, -0.2) is 0 Å². The largest absolute Gasteiger partial charge is 0.495 e. The van der Waals surface area contributed by atoms with Gasteiger partial charge in [0.15, 0.2) is 0 Å². The molecule has 0 aliphatic rings. The third-order valence-electron chi connectivity index (χ3n) is 2.89. The van der Waals surface area contributed by atoms with Crippen LogP contribution >= 0.6 is 11.6 Å². The van der Waals surface area contributed by atoms with Gasteiger partial charge in [0.05, 0.1) is 18.2 Å². The van der Waals surface area contributed by atoms with E-state index in [0.29, 0.717) is 10.8 Å². The molecule has 2 N–H and O–H groups in total. The average Bonchev–Trinajstić information content (AvgIpc) is 2.35. The lowest BCUT2D eigenvalue weighted by Crippen LogP contribution is -2.14. The van der Waals surface area contributed by atoms with Crippen LogP contribution in [-0.4, -0.2) is 20.3 Å². The molecule has 0 saturated carbocycles. The van der Waals surface area contributed by atoms with Gasteiger partial charge in [0.25, 0.3) is 0 Å². The highest BCUT2D eigenvalue weighted by molar-refractivity contribution is 6.32. The van der Waals surface area contributed by atoms with Gasteiger partial charge in [0, 0.05) is 13.2 Å². The minimum atomic E-state index is -0.0150. The van der Waals surface area contributed by atoms with Gasteiger partial charge in [-0.2, -0.15) is 0 Å². The summed E-state index contributed by atoms with van der Waals surface area (Å²) in [5.41, 5.74) is 7.15. The van der Waals surface area contributed by atoms with E-state index in [1.54, 1.807) is 14.2 Å². The first kappa shape index (κ1) is 14.3. The van der Waals surface area contributed by atoms with Crippen LogP contribution in [0.2, 0.25) is 5.02 Å². The third-order valence-corrected chi connectivity index (χ3v) is 3.20. The maximum Gasteiger partial charge on any atom is 0.137 e. The summed E-state index contributed by atoms with van der Waals surface area (Å²) in [6.07, 6.45) is 2.04. The normalized spacial score (nSPS) is 14.4. The summed E-state index contributed by atoms with van der Waals surface area (Å²) in [4.78, 5) is 0. The van der Waals surface area contributed by atoms with Crippen LogP contribution in [0.4, 0.5) is 0 Å². The summed E-state index contributed by atoms with van der Waals surface area (Å²) in [7, 11) is 3.31. The molecule has 0 spiro atoms. The van der Waals surface area contributed by atoms with E-state index in [1.807, 2.05) is 25.1 Å². The van der Waals surface area contributed by atoms with Crippen LogP contribution in [0.1, 0.15) is 31.4 Å². The molecule has 0 aliphatic heterocycles. The lowest BCUT2D eigenvalue weighted by atomic mass is 10.0. The first-order chi connectivity index (χ1) is 8.08. The van der Waals surface area contributed by atoms with Gasteiger partial charge in [-0.3, -0.25) is 0 Å². The molecule has 1 rings (SSSR count). The number of nitrogens with two attached hydrogens (primary N) is 1. The monoisotopic (exact) mass is 257 g/mol. The molecule has 0 saturated heterocycles. The van der Waals surface area contributed by atoms with Crippen LogP contribution in [-0.2, 0) is 4.74 Å². The molecule has 0 heterocycles. The molecular weight excluding hydrogens is 238 g/mol. The summed E-state index contributed by atoms with van der Waals surface area (Å²) in [5, 5.41) is 0.605. The molecule has 0 fully saturated rings. The van der Waals surface area contributed by atoms with Crippen molar-refractivity contribution < 1.29 is 9.47 Å². The van der Waals surface area contributed by atoms with Crippen LogP contribution in [0.15, 0.2) is 18.2 Å². The number of methoxy groups -OCH3 is 2. The molecule has 0 bridgehead atoms. The van der Waals surface area contributed by atoms with Gasteiger partial charge in [-0.05, 0) is 37.5 Å². The molecule has 0 radical (unpaired) electrons. The molecule has 1 aromatic rings. The SMILES string of the molecule is COc1cc(C(N)CCC(C)OC)ccc1Cl. The molecule has 1 aromatic carbocycles. The Morgan fingerprint density at radius 3 is 2.59 bits per heavy atom. The van der Waals surface area contributed by atoms with Crippen molar-refractivity contribution >= 4 is 11.6 Å². The quantitative estimate of drug-likeness (QED) is 0.851. The zero-order valence-electron chi connectivity index (χ0n) is 10.6. The van der Waals surface area contributed by atoms with Gasteiger partial charge >= 0.3 is 0 Å². The number of benzene rings is 1. The summed E-state index contributed by atoms with van der Waals surface area (Å²) >= 11 is 5.97. The summed E-state index contributed by atoms with van der Waals surface area (Å²) in [5.74, 6) is 0.666. The molecule has 0 aromatic heterocycles. The zero-order chi connectivity index (χ0) is 12.8. The minimum absolute atomic E-state index is 0.0150. The second kappa shape index (κ2) is 6.84. The number of ether oxygens (including phenoxy) is 2. The highest BCUT2D eigenvalue weighted by atomic mass is 35.5. The standard InChI is InChI=1S/C13H20ClNO2/c1-9(16-2)4-7-12(15)10-5-6-11(14)13(8-10)17-3/h5-6,8-9,12H,4,7,15H2,1-3H3. The highest BCUT2D eigenvalue weighted by Crippen LogP contribution is 2.28. The van der Waals surface area contributed by atoms with Gasteiger partial charge in [-0.15, -0.1) is 0 Å². The first-order valence-corrected chi connectivity index (χ1v) is 6.08. The van der Waals surface area contributed by atoms with E-state index in [2.05, 4.69) is 0 Å². The summed E-state index contributed by atoms with van der Waals surface area (Å²) < 4.78 is 10.4. The second-order valence-electron chi connectivity index (χ2n) is 4.12. The molecule has 3 nitrogen and oxygen atoms in total. The minimum Gasteiger partial charge on any atom is -0.495 e. The van der Waals surface area contributed by atoms with Gasteiger partial charge < -0.3 is 15.2 Å². The Kier molecular flexibility index (Phi) is 5.75. The maximum atomic E-state index is 6.12. The lowest BCUT2D eigenvalue weighted by molar-refractivity contribution is 0.107. The van der Waals surface area contributed by atoms with Crippen molar-refractivity contribution in [1.29, 1.82) is 0 Å². The first-order valence-electron chi connectivity index (χ1n) is 5.70. The molecule has 2 atom stereocenters. The third kappa shape index (κ3) is 4.19. The smallest absolute Gasteiger partial charge is 0.137 e. The predicted octanol–water partition coefficient (Wildman–Crippen LogP) is 3.16. The Balaban J connectivity index is 2.65. The van der Waals surface area contributed by atoms with Gasteiger partial charge in [0.2, 0.25) is 0 Å². The second-order valence-corrected chi connectivity index (χ2v) is 4.53. The Hall–Kier alpha value is -0.770. The molecule has 0 amide bonds. The molecular formula is C13H20ClNO2. The van der Waals surface area contributed by atoms with E-state index in [1.165, 1.54) is 0 Å². The highest BCUT2D eigenvalue weighted by Gasteiger charge is 2.11. The van der Waals surface area contributed by atoms with Crippen LogP contribution < -0.4 is 10.5 Å². The van der Waals surface area contributed by atoms with E-state index in [-0.39, 0.29) is 12.1 Å². The Labute approximate surface area is 108 Å². The van der Waals surface area contributed by atoms with E-state index >= 15 is 0 Å². The fourth-order valence-corrected chi connectivity index (χ4v) is 1.80. The van der Waals surface area contributed by atoms with Gasteiger partial charge in [-0.1, -0.05) is 17.7 Å². The van der Waals surface area contributed by atoms with Crippen molar-refractivity contribution in [2.45, 2.75) is 31.9 Å². The van der Waals surface area contributed by atoms with Crippen molar-refractivity contribution in [3.8, 4) is 5.75 Å². The van der Waals surface area contributed by atoms with Gasteiger partial charge in [0.1, 0.15) is 5.75 Å². The number of rotatable bonds is 6. The fraction of sp³-hybridized carbons (Fsp3) is 0.538. The van der Waals surface area contributed by atoms with Crippen LogP contribution in [0, 0.1) is 0 Å². The van der Waals surface area contributed by atoms with Crippen molar-refractivity contribution in [3.05, 3.63) is 28.8 Å². The number of hydrogen-bond donors (Lipinski definition) is 1. The van der Waals surface area contributed by atoms with Crippen LogP contribution in [0.25, 0.3) is 0 Å². The number of halogens is 1. The van der Waals surface area contributed by atoms with Crippen molar-refractivity contribution in [2.24, 2.45) is 5.73 Å². The molecule has 2 unspecified atom stereocenters. The topological polar surface area (TPSA) is 44.5 Å². The summed E-state index contributed by atoms with van der Waals surface area (Å²) in [6.45, 7) is 2.04. The zero-order valence-corrected chi connectivity index (χ0v) is 11.3. The Morgan fingerprint density at radius 1 is 1.29 bits per heavy atom. The van der Waals surface area contributed by atoms with E-state index < -0.39 is 0 Å². The Morgan fingerprint density at radius 2 is 2.00 bits per heavy atom. The van der Waals surface area contributed by atoms with Crippen molar-refractivity contribution in [2.75, 3.05) is 14.2 Å².